The highest BCUT2D eigenvalue weighted by atomic mass is 32.2. The van der Waals surface area contributed by atoms with Gasteiger partial charge >= 0.3 is 0 Å². The number of ether oxygens (including phenoxy) is 1. The van der Waals surface area contributed by atoms with Crippen molar-refractivity contribution in [1.82, 2.24) is 5.43 Å². The first-order chi connectivity index (χ1) is 6.92. The summed E-state index contributed by atoms with van der Waals surface area (Å²) in [6, 6.07) is 0.461. The van der Waals surface area contributed by atoms with Crippen molar-refractivity contribution in [2.24, 2.45) is 11.8 Å². The molecule has 3 nitrogen and oxygen atoms in total. The highest BCUT2D eigenvalue weighted by molar-refractivity contribution is 8.00. The van der Waals surface area contributed by atoms with Gasteiger partial charge in [-0.25, -0.2) is 0 Å². The quantitative estimate of drug-likeness (QED) is 0.548. The standard InChI is InChI=1S/C10H20N2OS/c11-12-10(9-4-2-6-14-9)8-3-1-5-13-7-8/h8-10,12H,1-7,11H2. The second kappa shape index (κ2) is 5.35. The van der Waals surface area contributed by atoms with Crippen molar-refractivity contribution in [2.45, 2.75) is 37.0 Å². The molecule has 0 radical (unpaired) electrons. The molecule has 0 aromatic rings. The summed E-state index contributed by atoms with van der Waals surface area (Å²) in [5.74, 6) is 7.60. The lowest BCUT2D eigenvalue weighted by Crippen LogP contribution is -2.49. The number of hydrazine groups is 1. The Kier molecular flexibility index (Phi) is 4.10. The van der Waals surface area contributed by atoms with E-state index in [2.05, 4.69) is 17.2 Å². The molecule has 2 aliphatic heterocycles. The molecule has 0 aromatic carbocycles. The second-order valence-electron chi connectivity index (χ2n) is 4.22. The first-order valence-electron chi connectivity index (χ1n) is 5.57. The van der Waals surface area contributed by atoms with E-state index in [1.54, 1.807) is 0 Å². The fourth-order valence-electron chi connectivity index (χ4n) is 2.48. The van der Waals surface area contributed by atoms with E-state index >= 15 is 0 Å². The zero-order chi connectivity index (χ0) is 9.80. The van der Waals surface area contributed by atoms with Gasteiger partial charge in [-0.3, -0.25) is 11.3 Å². The first kappa shape index (κ1) is 10.7. The van der Waals surface area contributed by atoms with Crippen LogP contribution in [-0.2, 0) is 4.74 Å². The SMILES string of the molecule is NNC(C1CCCOC1)C1CCCS1. The van der Waals surface area contributed by atoms with Gasteiger partial charge in [0.1, 0.15) is 0 Å². The Balaban J connectivity index is 1.89. The van der Waals surface area contributed by atoms with Gasteiger partial charge in [-0.1, -0.05) is 0 Å². The normalized spacial score (nSPS) is 35.8. The lowest BCUT2D eigenvalue weighted by atomic mass is 9.90. The number of hydrogen-bond acceptors (Lipinski definition) is 4. The molecule has 4 heteroatoms. The fraction of sp³-hybridized carbons (Fsp3) is 1.00. The Hall–Kier alpha value is 0.230. The van der Waals surface area contributed by atoms with Crippen LogP contribution in [0.25, 0.3) is 0 Å². The van der Waals surface area contributed by atoms with E-state index in [0.717, 1.165) is 13.2 Å². The highest BCUT2D eigenvalue weighted by Gasteiger charge is 2.32. The van der Waals surface area contributed by atoms with Gasteiger partial charge in [0.15, 0.2) is 0 Å². The lowest BCUT2D eigenvalue weighted by Gasteiger charge is -2.33. The molecule has 2 fully saturated rings. The summed E-state index contributed by atoms with van der Waals surface area (Å²) < 4.78 is 5.52. The molecular weight excluding hydrogens is 196 g/mol. The molecule has 3 N–H and O–H groups in total. The van der Waals surface area contributed by atoms with Crippen molar-refractivity contribution in [3.05, 3.63) is 0 Å². The third kappa shape index (κ3) is 2.42. The molecule has 0 aromatic heterocycles. The minimum absolute atomic E-state index is 0.461. The van der Waals surface area contributed by atoms with Crippen LogP contribution in [0.3, 0.4) is 0 Å². The monoisotopic (exact) mass is 216 g/mol. The average Bonchev–Trinajstić information content (AvgIpc) is 2.74. The number of nitrogens with two attached hydrogens (primary N) is 1. The van der Waals surface area contributed by atoms with Crippen molar-refractivity contribution in [2.75, 3.05) is 19.0 Å². The summed E-state index contributed by atoms with van der Waals surface area (Å²) in [5.41, 5.74) is 3.01. The molecule has 0 bridgehead atoms. The summed E-state index contributed by atoms with van der Waals surface area (Å²) >= 11 is 2.07. The van der Waals surface area contributed by atoms with Crippen molar-refractivity contribution < 1.29 is 4.74 Å². The topological polar surface area (TPSA) is 47.3 Å². The molecule has 2 aliphatic rings. The molecule has 2 rings (SSSR count). The van der Waals surface area contributed by atoms with E-state index in [0.29, 0.717) is 17.2 Å². The summed E-state index contributed by atoms with van der Waals surface area (Å²) in [5, 5.41) is 0.715. The van der Waals surface area contributed by atoms with Crippen LogP contribution < -0.4 is 11.3 Å². The molecule has 0 spiro atoms. The maximum absolute atomic E-state index is 5.66. The van der Waals surface area contributed by atoms with Crippen LogP contribution in [0, 0.1) is 5.92 Å². The summed E-state index contributed by atoms with van der Waals surface area (Å²) in [7, 11) is 0. The number of thioether (sulfide) groups is 1. The number of nitrogens with one attached hydrogen (secondary N) is 1. The lowest BCUT2D eigenvalue weighted by molar-refractivity contribution is 0.0388. The molecule has 2 heterocycles. The van der Waals surface area contributed by atoms with Gasteiger partial charge in [0, 0.05) is 23.8 Å². The zero-order valence-corrected chi connectivity index (χ0v) is 9.39. The average molecular weight is 216 g/mol. The van der Waals surface area contributed by atoms with E-state index in [1.807, 2.05) is 0 Å². The van der Waals surface area contributed by atoms with Gasteiger partial charge in [-0.15, -0.1) is 0 Å². The molecule has 82 valence electrons. The minimum Gasteiger partial charge on any atom is -0.381 e. The molecule has 0 aliphatic carbocycles. The summed E-state index contributed by atoms with van der Waals surface area (Å²) in [6.07, 6.45) is 5.13. The summed E-state index contributed by atoms with van der Waals surface area (Å²) in [6.45, 7) is 1.83. The van der Waals surface area contributed by atoms with Crippen LogP contribution >= 0.6 is 11.8 Å². The van der Waals surface area contributed by atoms with Gasteiger partial charge in [0.05, 0.1) is 6.61 Å². The Morgan fingerprint density at radius 3 is 2.86 bits per heavy atom. The highest BCUT2D eigenvalue weighted by Crippen LogP contribution is 2.33. The second-order valence-corrected chi connectivity index (χ2v) is 5.57. The molecule has 3 atom stereocenters. The third-order valence-electron chi connectivity index (χ3n) is 3.26. The van der Waals surface area contributed by atoms with Crippen LogP contribution in [0.5, 0.6) is 0 Å². The van der Waals surface area contributed by atoms with Gasteiger partial charge < -0.3 is 4.74 Å². The Morgan fingerprint density at radius 1 is 1.36 bits per heavy atom. The van der Waals surface area contributed by atoms with Crippen molar-refractivity contribution in [1.29, 1.82) is 0 Å². The molecule has 3 unspecified atom stereocenters. The van der Waals surface area contributed by atoms with Crippen molar-refractivity contribution in [3.8, 4) is 0 Å². The smallest absolute Gasteiger partial charge is 0.0510 e. The van der Waals surface area contributed by atoms with Crippen molar-refractivity contribution in [3.63, 3.8) is 0 Å². The van der Waals surface area contributed by atoms with Gasteiger partial charge in [-0.05, 0) is 31.4 Å². The summed E-state index contributed by atoms with van der Waals surface area (Å²) in [4.78, 5) is 0. The zero-order valence-electron chi connectivity index (χ0n) is 8.58. The predicted molar refractivity (Wildman–Crippen MR) is 60.1 cm³/mol. The Labute approximate surface area is 90.1 Å². The van der Waals surface area contributed by atoms with E-state index < -0.39 is 0 Å². The molecule has 0 amide bonds. The number of rotatable bonds is 3. The van der Waals surface area contributed by atoms with Gasteiger partial charge in [-0.2, -0.15) is 11.8 Å². The van der Waals surface area contributed by atoms with E-state index in [9.17, 15) is 0 Å². The molecule has 14 heavy (non-hydrogen) atoms. The predicted octanol–water partition coefficient (Wildman–Crippen LogP) is 1.14. The van der Waals surface area contributed by atoms with Crippen LogP contribution in [0.4, 0.5) is 0 Å². The maximum atomic E-state index is 5.66. The first-order valence-corrected chi connectivity index (χ1v) is 6.62. The Bertz CT molecular complexity index is 168. The van der Waals surface area contributed by atoms with Crippen molar-refractivity contribution >= 4 is 11.8 Å². The minimum atomic E-state index is 0.461. The third-order valence-corrected chi connectivity index (χ3v) is 4.74. The fourth-order valence-corrected chi connectivity index (χ4v) is 3.96. The molecular formula is C10H20N2OS. The molecule has 2 saturated heterocycles. The maximum Gasteiger partial charge on any atom is 0.0510 e. The van der Waals surface area contributed by atoms with E-state index in [4.69, 9.17) is 10.6 Å². The van der Waals surface area contributed by atoms with Gasteiger partial charge in [0.25, 0.3) is 0 Å². The van der Waals surface area contributed by atoms with Crippen LogP contribution in [-0.4, -0.2) is 30.3 Å². The van der Waals surface area contributed by atoms with E-state index in [-0.39, 0.29) is 0 Å². The van der Waals surface area contributed by atoms with E-state index in [1.165, 1.54) is 31.4 Å². The van der Waals surface area contributed by atoms with Crippen LogP contribution in [0.1, 0.15) is 25.7 Å². The number of hydrogen-bond donors (Lipinski definition) is 2. The largest absolute Gasteiger partial charge is 0.381 e. The Morgan fingerprint density at radius 2 is 2.29 bits per heavy atom. The molecule has 0 saturated carbocycles. The van der Waals surface area contributed by atoms with Gasteiger partial charge in [0.2, 0.25) is 0 Å². The van der Waals surface area contributed by atoms with Crippen LogP contribution in [0.15, 0.2) is 0 Å². The van der Waals surface area contributed by atoms with Crippen LogP contribution in [0.2, 0.25) is 0 Å².